The fourth-order valence-electron chi connectivity index (χ4n) is 3.28. The second kappa shape index (κ2) is 6.46. The molecule has 6 heteroatoms. The Hall–Kier alpha value is -2.86. The molecule has 26 heavy (non-hydrogen) atoms. The summed E-state index contributed by atoms with van der Waals surface area (Å²) in [5.74, 6) is -0.182. The van der Waals surface area contributed by atoms with Gasteiger partial charge in [-0.15, -0.1) is 0 Å². The molecular weight excluding hydrogens is 335 g/mol. The molecule has 0 spiro atoms. The van der Waals surface area contributed by atoms with Crippen molar-refractivity contribution in [2.24, 2.45) is 0 Å². The number of β-amino-alcohol motifs (C(OH)–C–C–N with tert-alkyl or cyclic N) is 1. The van der Waals surface area contributed by atoms with Gasteiger partial charge in [0.1, 0.15) is 29.5 Å². The maximum absolute atomic E-state index is 13.2. The Morgan fingerprint density at radius 3 is 2.88 bits per heavy atom. The van der Waals surface area contributed by atoms with Crippen LogP contribution in [0, 0.1) is 5.82 Å². The van der Waals surface area contributed by atoms with Crippen LogP contribution in [0.2, 0.25) is 0 Å². The van der Waals surface area contributed by atoms with Crippen molar-refractivity contribution in [2.45, 2.75) is 12.0 Å². The minimum absolute atomic E-state index is 0.00688. The largest absolute Gasteiger partial charge is 0.490 e. The van der Waals surface area contributed by atoms with Gasteiger partial charge in [-0.2, -0.15) is 0 Å². The molecule has 1 atom stereocenters. The Kier molecular flexibility index (Phi) is 4.12. The third-order valence-corrected chi connectivity index (χ3v) is 4.68. The van der Waals surface area contributed by atoms with E-state index in [1.165, 1.54) is 12.1 Å². The van der Waals surface area contributed by atoms with Gasteiger partial charge < -0.3 is 19.7 Å². The van der Waals surface area contributed by atoms with Crippen LogP contribution >= 0.6 is 0 Å². The highest BCUT2D eigenvalue weighted by Crippen LogP contribution is 2.25. The lowest BCUT2D eigenvalue weighted by Gasteiger charge is -2.23. The van der Waals surface area contributed by atoms with E-state index in [2.05, 4.69) is 4.98 Å². The fraction of sp³-hybridized carbons (Fsp3) is 0.250. The third-order valence-electron chi connectivity index (χ3n) is 4.68. The molecule has 2 heterocycles. The van der Waals surface area contributed by atoms with Crippen LogP contribution in [0.1, 0.15) is 16.9 Å². The second-order valence-electron chi connectivity index (χ2n) is 6.72. The van der Waals surface area contributed by atoms with Crippen molar-refractivity contribution in [3.8, 4) is 5.75 Å². The molecule has 0 saturated carbocycles. The van der Waals surface area contributed by atoms with Gasteiger partial charge in [-0.3, -0.25) is 4.79 Å². The first-order chi connectivity index (χ1) is 12.5. The summed E-state index contributed by atoms with van der Waals surface area (Å²) in [5, 5.41) is 11.7. The number of aromatic amines is 1. The van der Waals surface area contributed by atoms with E-state index in [0.29, 0.717) is 24.4 Å². The summed E-state index contributed by atoms with van der Waals surface area (Å²) in [6, 6.07) is 15.3. The lowest BCUT2D eigenvalue weighted by Crippen LogP contribution is -2.40. The van der Waals surface area contributed by atoms with Gasteiger partial charge in [0.15, 0.2) is 0 Å². The Labute approximate surface area is 150 Å². The highest BCUT2D eigenvalue weighted by molar-refractivity contribution is 5.98. The zero-order valence-corrected chi connectivity index (χ0v) is 14.1. The normalized spacial score (nSPS) is 19.8. The van der Waals surface area contributed by atoms with E-state index in [9.17, 15) is 14.3 Å². The van der Waals surface area contributed by atoms with Crippen LogP contribution in [0.15, 0.2) is 54.6 Å². The molecule has 0 bridgehead atoms. The van der Waals surface area contributed by atoms with Gasteiger partial charge >= 0.3 is 0 Å². The Bertz CT molecular complexity index is 922. The van der Waals surface area contributed by atoms with Gasteiger partial charge in [0, 0.05) is 23.5 Å². The highest BCUT2D eigenvalue weighted by Gasteiger charge is 2.39. The summed E-state index contributed by atoms with van der Waals surface area (Å²) < 4.78 is 18.7. The molecule has 1 amide bonds. The van der Waals surface area contributed by atoms with Gasteiger partial charge in [-0.25, -0.2) is 4.39 Å². The molecule has 1 fully saturated rings. The third kappa shape index (κ3) is 3.28. The number of halogens is 1. The Morgan fingerprint density at radius 1 is 1.23 bits per heavy atom. The van der Waals surface area contributed by atoms with Gasteiger partial charge in [0.05, 0.1) is 6.54 Å². The number of aliphatic hydroxyl groups is 1. The van der Waals surface area contributed by atoms with Crippen molar-refractivity contribution >= 4 is 16.8 Å². The maximum atomic E-state index is 13.2. The molecule has 134 valence electrons. The zero-order valence-electron chi connectivity index (χ0n) is 14.1. The number of benzene rings is 2. The molecule has 0 aliphatic carbocycles. The van der Waals surface area contributed by atoms with Crippen LogP contribution in [-0.2, 0) is 0 Å². The molecule has 5 nitrogen and oxygen atoms in total. The molecule has 1 saturated heterocycles. The van der Waals surface area contributed by atoms with Crippen LogP contribution in [0.5, 0.6) is 5.75 Å². The van der Waals surface area contributed by atoms with E-state index in [0.717, 1.165) is 10.9 Å². The lowest BCUT2D eigenvalue weighted by molar-refractivity contribution is 0.00418. The molecule has 3 aromatic rings. The molecular formula is C20H19FN2O3. The minimum atomic E-state index is -1.14. The van der Waals surface area contributed by atoms with E-state index in [-0.39, 0.29) is 19.1 Å². The smallest absolute Gasteiger partial charge is 0.270 e. The molecule has 2 N–H and O–H groups in total. The van der Waals surface area contributed by atoms with Crippen LogP contribution in [0.25, 0.3) is 10.9 Å². The summed E-state index contributed by atoms with van der Waals surface area (Å²) in [7, 11) is 0. The number of fused-ring (bicyclic) bond motifs is 1. The molecule has 4 rings (SSSR count). The summed E-state index contributed by atoms with van der Waals surface area (Å²) in [4.78, 5) is 17.4. The molecule has 0 radical (unpaired) electrons. The molecule has 1 aliphatic rings. The predicted octanol–water partition coefficient (Wildman–Crippen LogP) is 2.96. The minimum Gasteiger partial charge on any atom is -0.490 e. The monoisotopic (exact) mass is 354 g/mol. The average molecular weight is 354 g/mol. The zero-order chi connectivity index (χ0) is 18.1. The number of amides is 1. The molecule has 1 aromatic heterocycles. The average Bonchev–Trinajstić information content (AvgIpc) is 3.24. The number of ether oxygens (including phenoxy) is 1. The number of H-pyrrole nitrogens is 1. The maximum Gasteiger partial charge on any atom is 0.270 e. The number of para-hydroxylation sites is 1. The summed E-state index contributed by atoms with van der Waals surface area (Å²) >= 11 is 0. The number of nitrogens with zero attached hydrogens (tertiary/aromatic N) is 1. The van der Waals surface area contributed by atoms with Crippen molar-refractivity contribution in [3.05, 3.63) is 66.1 Å². The molecule has 1 aliphatic heterocycles. The lowest BCUT2D eigenvalue weighted by atomic mass is 10.1. The number of aromatic nitrogens is 1. The quantitative estimate of drug-likeness (QED) is 0.757. The van der Waals surface area contributed by atoms with Gasteiger partial charge in [0.25, 0.3) is 5.91 Å². The van der Waals surface area contributed by atoms with Crippen LogP contribution in [-0.4, -0.2) is 46.2 Å². The second-order valence-corrected chi connectivity index (χ2v) is 6.72. The number of carbonyl (C=O) groups excluding carboxylic acids is 1. The van der Waals surface area contributed by atoms with E-state index in [1.807, 2.05) is 30.3 Å². The van der Waals surface area contributed by atoms with Crippen molar-refractivity contribution < 1.29 is 19.0 Å². The number of nitrogens with one attached hydrogen (secondary N) is 1. The first kappa shape index (κ1) is 16.6. The highest BCUT2D eigenvalue weighted by atomic mass is 19.1. The van der Waals surface area contributed by atoms with Gasteiger partial charge in [-0.05, 0) is 30.7 Å². The first-order valence-electron chi connectivity index (χ1n) is 8.50. The molecule has 2 aromatic carbocycles. The standard InChI is InChI=1S/C20H19FN2O3/c21-15-5-3-6-16(11-15)26-13-20(25)8-9-23(12-20)19(24)18-10-14-4-1-2-7-17(14)22-18/h1-7,10-11,22,25H,8-9,12-13H2/t20-/m1/s1. The van der Waals surface area contributed by atoms with E-state index < -0.39 is 11.4 Å². The van der Waals surface area contributed by atoms with E-state index in [4.69, 9.17) is 4.74 Å². The Balaban J connectivity index is 1.42. The van der Waals surface area contributed by atoms with Crippen molar-refractivity contribution in [3.63, 3.8) is 0 Å². The number of rotatable bonds is 4. The van der Waals surface area contributed by atoms with E-state index >= 15 is 0 Å². The number of hydrogen-bond donors (Lipinski definition) is 2. The number of likely N-dealkylation sites (tertiary alicyclic amines) is 1. The summed E-state index contributed by atoms with van der Waals surface area (Å²) in [6.45, 7) is 0.626. The van der Waals surface area contributed by atoms with Crippen LogP contribution in [0.3, 0.4) is 0 Å². The van der Waals surface area contributed by atoms with Crippen LogP contribution < -0.4 is 4.74 Å². The van der Waals surface area contributed by atoms with Gasteiger partial charge in [0.2, 0.25) is 0 Å². The van der Waals surface area contributed by atoms with Crippen molar-refractivity contribution in [2.75, 3.05) is 19.7 Å². The van der Waals surface area contributed by atoms with E-state index in [1.54, 1.807) is 17.0 Å². The SMILES string of the molecule is O=C(c1cc2ccccc2[nH]1)N1CC[C@](O)(COc2cccc(F)c2)C1. The number of hydrogen-bond acceptors (Lipinski definition) is 3. The molecule has 0 unspecified atom stereocenters. The van der Waals surface area contributed by atoms with Crippen molar-refractivity contribution in [1.29, 1.82) is 0 Å². The number of carbonyl (C=O) groups is 1. The van der Waals surface area contributed by atoms with Gasteiger partial charge in [-0.1, -0.05) is 24.3 Å². The first-order valence-corrected chi connectivity index (χ1v) is 8.50. The summed E-state index contributed by atoms with van der Waals surface area (Å²) in [5.41, 5.74) is 0.259. The topological polar surface area (TPSA) is 65.6 Å². The van der Waals surface area contributed by atoms with Crippen molar-refractivity contribution in [1.82, 2.24) is 9.88 Å². The fourth-order valence-corrected chi connectivity index (χ4v) is 3.28. The van der Waals surface area contributed by atoms with Crippen LogP contribution in [0.4, 0.5) is 4.39 Å². The summed E-state index contributed by atoms with van der Waals surface area (Å²) in [6.07, 6.45) is 0.411. The predicted molar refractivity (Wildman–Crippen MR) is 95.7 cm³/mol. The Morgan fingerprint density at radius 2 is 2.08 bits per heavy atom.